The van der Waals surface area contributed by atoms with Gasteiger partial charge in [0.05, 0.1) is 0 Å². The lowest BCUT2D eigenvalue weighted by Gasteiger charge is -2.18. The molecule has 138 valence electrons. The molecular weight excluding hydrogens is 340 g/mol. The zero-order valence-electron chi connectivity index (χ0n) is 15.5. The highest BCUT2D eigenvalue weighted by atomic mass is 16.7. The van der Waals surface area contributed by atoms with Gasteiger partial charge in [-0.1, -0.05) is 36.4 Å². The lowest BCUT2D eigenvalue weighted by atomic mass is 9.88. The van der Waals surface area contributed by atoms with Crippen LogP contribution in [0.2, 0.25) is 0 Å². The van der Waals surface area contributed by atoms with E-state index >= 15 is 0 Å². The normalized spacial score (nSPS) is 16.3. The van der Waals surface area contributed by atoms with Gasteiger partial charge in [-0.3, -0.25) is 4.79 Å². The molecule has 4 heteroatoms. The highest BCUT2D eigenvalue weighted by Crippen LogP contribution is 2.42. The van der Waals surface area contributed by atoms with Crippen LogP contribution in [-0.4, -0.2) is 19.4 Å². The van der Waals surface area contributed by atoms with Crippen LogP contribution in [0, 0.1) is 0 Å². The van der Waals surface area contributed by atoms with E-state index in [9.17, 15) is 4.79 Å². The smallest absolute Gasteiger partial charge is 0.308 e. The molecule has 0 bridgehead atoms. The first kappa shape index (κ1) is 17.6. The van der Waals surface area contributed by atoms with Gasteiger partial charge in [0, 0.05) is 25.0 Å². The standard InChI is InChI=1S/C23H22O4/c1-3-25-14-26-23-12-11-19(18-5-4-6-21(18)23)20-10-8-16-7-9-17(13-22(16)20)27-15(2)24/h4-5,7-13,20H,3,6,14H2,1-2H3. The van der Waals surface area contributed by atoms with Gasteiger partial charge in [0.25, 0.3) is 0 Å². The maximum Gasteiger partial charge on any atom is 0.308 e. The zero-order valence-corrected chi connectivity index (χ0v) is 15.5. The van der Waals surface area contributed by atoms with Crippen LogP contribution in [0.3, 0.4) is 0 Å². The summed E-state index contributed by atoms with van der Waals surface area (Å²) in [6.07, 6.45) is 9.52. The number of fused-ring (bicyclic) bond motifs is 2. The van der Waals surface area contributed by atoms with E-state index in [1.54, 1.807) is 0 Å². The Hall–Kier alpha value is -2.85. The summed E-state index contributed by atoms with van der Waals surface area (Å²) in [5, 5.41) is 0. The lowest BCUT2D eigenvalue weighted by molar-refractivity contribution is -0.131. The summed E-state index contributed by atoms with van der Waals surface area (Å²) in [6.45, 7) is 4.26. The third-order valence-electron chi connectivity index (χ3n) is 4.91. The quantitative estimate of drug-likeness (QED) is 0.323. The molecule has 0 saturated heterocycles. The number of ether oxygens (including phenoxy) is 3. The van der Waals surface area contributed by atoms with E-state index in [1.807, 2.05) is 31.2 Å². The molecule has 0 spiro atoms. The number of benzene rings is 2. The molecule has 27 heavy (non-hydrogen) atoms. The molecule has 4 rings (SSSR count). The van der Waals surface area contributed by atoms with Crippen LogP contribution >= 0.6 is 0 Å². The highest BCUT2D eigenvalue weighted by molar-refractivity contribution is 5.74. The van der Waals surface area contributed by atoms with E-state index in [1.165, 1.54) is 23.6 Å². The Morgan fingerprint density at radius 3 is 2.85 bits per heavy atom. The molecule has 1 unspecified atom stereocenters. The molecule has 1 atom stereocenters. The first-order chi connectivity index (χ1) is 13.2. The van der Waals surface area contributed by atoms with E-state index in [0.29, 0.717) is 12.4 Å². The molecule has 4 nitrogen and oxygen atoms in total. The second-order valence-electron chi connectivity index (χ2n) is 6.63. The van der Waals surface area contributed by atoms with Crippen molar-refractivity contribution in [3.8, 4) is 11.5 Å². The molecule has 0 N–H and O–H groups in total. The van der Waals surface area contributed by atoms with Gasteiger partial charge in [-0.15, -0.1) is 0 Å². The predicted octanol–water partition coefficient (Wildman–Crippen LogP) is 4.71. The summed E-state index contributed by atoms with van der Waals surface area (Å²) in [5.41, 5.74) is 5.95. The molecule has 2 aliphatic rings. The van der Waals surface area contributed by atoms with Gasteiger partial charge in [0.1, 0.15) is 11.5 Å². The molecule has 0 amide bonds. The summed E-state index contributed by atoms with van der Waals surface area (Å²) in [6, 6.07) is 9.95. The van der Waals surface area contributed by atoms with Gasteiger partial charge in [-0.05, 0) is 53.8 Å². The zero-order chi connectivity index (χ0) is 18.8. The summed E-state index contributed by atoms with van der Waals surface area (Å²) in [4.78, 5) is 11.3. The number of carbonyl (C=O) groups excluding carboxylic acids is 1. The third-order valence-corrected chi connectivity index (χ3v) is 4.91. The Labute approximate surface area is 159 Å². The monoisotopic (exact) mass is 362 g/mol. The second kappa shape index (κ2) is 7.41. The van der Waals surface area contributed by atoms with Gasteiger partial charge in [-0.25, -0.2) is 0 Å². The molecular formula is C23H22O4. The number of carbonyl (C=O) groups is 1. The fraction of sp³-hybridized carbons (Fsp3) is 0.261. The van der Waals surface area contributed by atoms with Crippen LogP contribution in [0.5, 0.6) is 11.5 Å². The number of rotatable bonds is 6. The molecule has 0 saturated carbocycles. The highest BCUT2D eigenvalue weighted by Gasteiger charge is 2.25. The van der Waals surface area contributed by atoms with Crippen molar-refractivity contribution in [1.82, 2.24) is 0 Å². The summed E-state index contributed by atoms with van der Waals surface area (Å²) >= 11 is 0. The molecule has 2 aromatic rings. The first-order valence-electron chi connectivity index (χ1n) is 9.20. The van der Waals surface area contributed by atoms with Crippen molar-refractivity contribution in [3.05, 3.63) is 70.3 Å². The van der Waals surface area contributed by atoms with Gasteiger partial charge in [-0.2, -0.15) is 0 Å². The molecule has 2 aliphatic carbocycles. The van der Waals surface area contributed by atoms with Crippen LogP contribution in [0.4, 0.5) is 0 Å². The Balaban J connectivity index is 1.68. The van der Waals surface area contributed by atoms with Gasteiger partial charge in [0.15, 0.2) is 6.79 Å². The third kappa shape index (κ3) is 3.40. The van der Waals surface area contributed by atoms with Crippen molar-refractivity contribution < 1.29 is 19.0 Å². The molecule has 0 fully saturated rings. The van der Waals surface area contributed by atoms with Crippen LogP contribution in [0.25, 0.3) is 12.2 Å². The second-order valence-corrected chi connectivity index (χ2v) is 6.63. The fourth-order valence-electron chi connectivity index (χ4n) is 3.74. The van der Waals surface area contributed by atoms with Crippen LogP contribution in [0.15, 0.2) is 42.5 Å². The van der Waals surface area contributed by atoms with Crippen LogP contribution in [0.1, 0.15) is 47.6 Å². The average molecular weight is 362 g/mol. The molecule has 0 heterocycles. The minimum atomic E-state index is -0.308. The minimum Gasteiger partial charge on any atom is -0.467 e. The first-order valence-corrected chi connectivity index (χ1v) is 9.20. The van der Waals surface area contributed by atoms with Crippen molar-refractivity contribution in [2.24, 2.45) is 0 Å². The maximum absolute atomic E-state index is 11.3. The number of hydrogen-bond donors (Lipinski definition) is 0. The van der Waals surface area contributed by atoms with Crippen molar-refractivity contribution in [1.29, 1.82) is 0 Å². The van der Waals surface area contributed by atoms with E-state index in [4.69, 9.17) is 14.2 Å². The Morgan fingerprint density at radius 1 is 1.15 bits per heavy atom. The van der Waals surface area contributed by atoms with E-state index < -0.39 is 0 Å². The van der Waals surface area contributed by atoms with Gasteiger partial charge >= 0.3 is 5.97 Å². The Bertz CT molecular complexity index is 940. The molecule has 2 aromatic carbocycles. The summed E-state index contributed by atoms with van der Waals surface area (Å²) < 4.78 is 16.4. The van der Waals surface area contributed by atoms with Crippen molar-refractivity contribution >= 4 is 18.1 Å². The van der Waals surface area contributed by atoms with Gasteiger partial charge < -0.3 is 14.2 Å². The van der Waals surface area contributed by atoms with Crippen LogP contribution < -0.4 is 9.47 Å². The summed E-state index contributed by atoms with van der Waals surface area (Å²) in [5.74, 6) is 1.28. The lowest BCUT2D eigenvalue weighted by Crippen LogP contribution is -2.07. The van der Waals surface area contributed by atoms with Crippen LogP contribution in [-0.2, 0) is 16.0 Å². The largest absolute Gasteiger partial charge is 0.467 e. The van der Waals surface area contributed by atoms with Crippen molar-refractivity contribution in [2.45, 2.75) is 26.2 Å². The number of hydrogen-bond acceptors (Lipinski definition) is 4. The van der Waals surface area contributed by atoms with E-state index in [-0.39, 0.29) is 18.7 Å². The Kier molecular flexibility index (Phi) is 4.82. The van der Waals surface area contributed by atoms with E-state index in [0.717, 1.165) is 23.3 Å². The van der Waals surface area contributed by atoms with E-state index in [2.05, 4.69) is 30.4 Å². The molecule has 0 aliphatic heterocycles. The maximum atomic E-state index is 11.3. The fourth-order valence-corrected chi connectivity index (χ4v) is 3.74. The average Bonchev–Trinajstić information content (AvgIpc) is 3.29. The SMILES string of the molecule is CCOCOc1ccc(C2C=Cc3ccc(OC(C)=O)cc32)c2c1CC=C2. The number of esters is 1. The van der Waals surface area contributed by atoms with Crippen molar-refractivity contribution in [2.75, 3.05) is 13.4 Å². The minimum absolute atomic E-state index is 0.132. The Morgan fingerprint density at radius 2 is 2.04 bits per heavy atom. The predicted molar refractivity (Wildman–Crippen MR) is 105 cm³/mol. The van der Waals surface area contributed by atoms with Crippen molar-refractivity contribution in [3.63, 3.8) is 0 Å². The number of allylic oxidation sites excluding steroid dienone is 2. The summed E-state index contributed by atoms with van der Waals surface area (Å²) in [7, 11) is 0. The van der Waals surface area contributed by atoms with Gasteiger partial charge in [0.2, 0.25) is 0 Å². The molecule has 0 radical (unpaired) electrons. The topological polar surface area (TPSA) is 44.8 Å². The molecule has 0 aromatic heterocycles.